The average Bonchev–Trinajstić information content (AvgIpc) is 3.49. The molecule has 2 aromatic carbocycles. The van der Waals surface area contributed by atoms with Crippen LogP contribution in [0.1, 0.15) is 44.1 Å². The van der Waals surface area contributed by atoms with Crippen LogP contribution in [0.2, 0.25) is 5.02 Å². The Morgan fingerprint density at radius 1 is 0.974 bits per heavy atom. The summed E-state index contributed by atoms with van der Waals surface area (Å²) in [4.78, 5) is 27.0. The lowest BCUT2D eigenvalue weighted by atomic mass is 9.98. The van der Waals surface area contributed by atoms with Gasteiger partial charge >= 0.3 is 0 Å². The number of aromatic nitrogens is 4. The van der Waals surface area contributed by atoms with E-state index < -0.39 is 0 Å². The van der Waals surface area contributed by atoms with E-state index in [9.17, 15) is 4.79 Å². The average molecular weight is 522 g/mol. The fourth-order valence-electron chi connectivity index (χ4n) is 5.38. The number of aryl methyl sites for hydroxylation is 1. The summed E-state index contributed by atoms with van der Waals surface area (Å²) in [6.07, 6.45) is 10.5. The minimum absolute atomic E-state index is 0.137. The number of anilines is 2. The molecule has 0 aliphatic heterocycles. The third-order valence-electron chi connectivity index (χ3n) is 7.39. The third-order valence-corrected chi connectivity index (χ3v) is 7.70. The Morgan fingerprint density at radius 2 is 1.79 bits per heavy atom. The molecule has 1 N–H and O–H groups in total. The molecule has 7 heteroatoms. The van der Waals surface area contributed by atoms with Gasteiger partial charge in [0.25, 0.3) is 5.56 Å². The molecule has 3 heterocycles. The van der Waals surface area contributed by atoms with Crippen molar-refractivity contribution in [1.82, 2.24) is 19.5 Å². The number of fused-ring (bicyclic) bond motifs is 1. The number of hydrogen-bond donors (Lipinski definition) is 1. The lowest BCUT2D eigenvalue weighted by Crippen LogP contribution is -2.22. The van der Waals surface area contributed by atoms with Crippen LogP contribution in [0.25, 0.3) is 33.3 Å². The normalized spacial score (nSPS) is 13.7. The van der Waals surface area contributed by atoms with E-state index in [1.54, 1.807) is 23.2 Å². The van der Waals surface area contributed by atoms with Crippen molar-refractivity contribution < 1.29 is 0 Å². The number of halogens is 1. The number of hydrogen-bond acceptors (Lipinski definition) is 5. The zero-order chi connectivity index (χ0) is 26.1. The van der Waals surface area contributed by atoms with Crippen LogP contribution in [-0.2, 0) is 6.54 Å². The minimum atomic E-state index is -0.137. The first-order valence-corrected chi connectivity index (χ1v) is 13.5. The van der Waals surface area contributed by atoms with Crippen LogP contribution in [0.15, 0.2) is 84.0 Å². The van der Waals surface area contributed by atoms with Crippen LogP contribution < -0.4 is 10.9 Å². The molecule has 0 amide bonds. The van der Waals surface area contributed by atoms with Crippen LogP contribution in [-0.4, -0.2) is 19.5 Å². The first kappa shape index (κ1) is 24.3. The van der Waals surface area contributed by atoms with Crippen molar-refractivity contribution in [2.45, 2.75) is 45.1 Å². The molecule has 6 nitrogen and oxygen atoms in total. The van der Waals surface area contributed by atoms with E-state index in [0.717, 1.165) is 22.2 Å². The van der Waals surface area contributed by atoms with Crippen molar-refractivity contribution in [2.75, 3.05) is 5.32 Å². The van der Waals surface area contributed by atoms with Crippen molar-refractivity contribution in [2.24, 2.45) is 0 Å². The number of benzene rings is 2. The second-order valence-corrected chi connectivity index (χ2v) is 10.2. The summed E-state index contributed by atoms with van der Waals surface area (Å²) in [6.45, 7) is 2.41. The van der Waals surface area contributed by atoms with E-state index in [1.807, 2.05) is 43.3 Å². The van der Waals surface area contributed by atoms with Gasteiger partial charge in [0.1, 0.15) is 5.65 Å². The Balaban J connectivity index is 1.32. The maximum absolute atomic E-state index is 13.6. The van der Waals surface area contributed by atoms with Crippen molar-refractivity contribution in [3.8, 4) is 22.3 Å². The molecule has 1 aliphatic rings. The Hall–Kier alpha value is -4.03. The monoisotopic (exact) mass is 521 g/mol. The summed E-state index contributed by atoms with van der Waals surface area (Å²) in [5.41, 5.74) is 5.88. The molecule has 0 atom stereocenters. The molecular formula is C31H28ClN5O. The Labute approximate surface area is 226 Å². The molecule has 6 rings (SSSR count). The predicted octanol–water partition coefficient (Wildman–Crippen LogP) is 7.60. The number of nitrogens with one attached hydrogen (secondary N) is 1. The number of pyridine rings is 2. The highest BCUT2D eigenvalue weighted by Crippen LogP contribution is 2.35. The highest BCUT2D eigenvalue weighted by molar-refractivity contribution is 6.33. The second kappa shape index (κ2) is 10.4. The van der Waals surface area contributed by atoms with Crippen LogP contribution in [0, 0.1) is 0 Å². The smallest absolute Gasteiger partial charge is 0.260 e. The van der Waals surface area contributed by atoms with Gasteiger partial charge in [-0.05, 0) is 67.1 Å². The fraction of sp³-hybridized carbons (Fsp3) is 0.226. The number of rotatable bonds is 6. The highest BCUT2D eigenvalue weighted by Gasteiger charge is 2.18. The van der Waals surface area contributed by atoms with E-state index in [2.05, 4.69) is 39.6 Å². The molecule has 0 bridgehead atoms. The first-order chi connectivity index (χ1) is 18.6. The summed E-state index contributed by atoms with van der Waals surface area (Å²) >= 11 is 6.69. The summed E-state index contributed by atoms with van der Waals surface area (Å²) < 4.78 is 1.67. The molecule has 5 aromatic rings. The largest absolute Gasteiger partial charge is 0.324 e. The Morgan fingerprint density at radius 3 is 2.50 bits per heavy atom. The van der Waals surface area contributed by atoms with E-state index in [4.69, 9.17) is 16.6 Å². The molecule has 3 aromatic heterocycles. The van der Waals surface area contributed by atoms with E-state index >= 15 is 0 Å². The van der Waals surface area contributed by atoms with Gasteiger partial charge in [0.15, 0.2) is 0 Å². The molecule has 38 heavy (non-hydrogen) atoms. The maximum atomic E-state index is 13.6. The predicted molar refractivity (Wildman–Crippen MR) is 154 cm³/mol. The Kier molecular flexibility index (Phi) is 6.64. The molecule has 0 saturated heterocycles. The SMILES string of the molecule is CCn1c(=O)c(-c2ccc(-c3cccnc3)cc2Cl)cc2cnc(Nc3ccc(C4CCCC4)cc3)nc21. The Bertz CT molecular complexity index is 1660. The molecule has 1 saturated carbocycles. The van der Waals surface area contributed by atoms with Gasteiger partial charge in [0, 0.05) is 57.9 Å². The molecular weight excluding hydrogens is 494 g/mol. The molecule has 0 radical (unpaired) electrons. The number of nitrogens with zero attached hydrogens (tertiary/aromatic N) is 4. The molecule has 0 spiro atoms. The zero-order valence-corrected chi connectivity index (χ0v) is 21.9. The van der Waals surface area contributed by atoms with Crippen molar-refractivity contribution >= 4 is 34.3 Å². The second-order valence-electron chi connectivity index (χ2n) is 9.74. The molecule has 1 fully saturated rings. The quantitative estimate of drug-likeness (QED) is 0.249. The van der Waals surface area contributed by atoms with E-state index in [1.165, 1.54) is 31.2 Å². The van der Waals surface area contributed by atoms with Gasteiger partial charge in [-0.25, -0.2) is 4.98 Å². The standard InChI is InChI=1S/C31H28ClN5O/c1-2-37-29-24(19-34-31(36-29)35-25-12-9-21(10-13-25)20-6-3-4-7-20)16-27(30(37)38)26-14-11-22(17-28(26)32)23-8-5-15-33-18-23/h5,8-20H,2-4,6-7H2,1H3,(H,34,35,36). The molecule has 0 unspecified atom stereocenters. The van der Waals surface area contributed by atoms with Gasteiger partial charge in [-0.15, -0.1) is 0 Å². The van der Waals surface area contributed by atoms with Gasteiger partial charge in [0.2, 0.25) is 5.95 Å². The molecule has 190 valence electrons. The lowest BCUT2D eigenvalue weighted by molar-refractivity contribution is 0.723. The maximum Gasteiger partial charge on any atom is 0.260 e. The minimum Gasteiger partial charge on any atom is -0.324 e. The fourth-order valence-corrected chi connectivity index (χ4v) is 5.66. The van der Waals surface area contributed by atoms with Crippen molar-refractivity contribution in [3.05, 3.63) is 100 Å². The van der Waals surface area contributed by atoms with Crippen LogP contribution >= 0.6 is 11.6 Å². The zero-order valence-electron chi connectivity index (χ0n) is 21.2. The van der Waals surface area contributed by atoms with Crippen molar-refractivity contribution in [3.63, 3.8) is 0 Å². The topological polar surface area (TPSA) is 72.7 Å². The first-order valence-electron chi connectivity index (χ1n) is 13.1. The summed E-state index contributed by atoms with van der Waals surface area (Å²) in [6, 6.07) is 19.9. The summed E-state index contributed by atoms with van der Waals surface area (Å²) in [5, 5.41) is 4.58. The van der Waals surface area contributed by atoms with Crippen LogP contribution in [0.5, 0.6) is 0 Å². The molecule has 1 aliphatic carbocycles. The summed E-state index contributed by atoms with van der Waals surface area (Å²) in [5.74, 6) is 1.13. The van der Waals surface area contributed by atoms with Gasteiger partial charge in [-0.3, -0.25) is 14.3 Å². The van der Waals surface area contributed by atoms with Crippen LogP contribution in [0.3, 0.4) is 0 Å². The van der Waals surface area contributed by atoms with E-state index in [-0.39, 0.29) is 5.56 Å². The van der Waals surface area contributed by atoms with Gasteiger partial charge in [0.05, 0.1) is 0 Å². The van der Waals surface area contributed by atoms with Gasteiger partial charge in [-0.2, -0.15) is 4.98 Å². The van der Waals surface area contributed by atoms with Crippen LogP contribution in [0.4, 0.5) is 11.6 Å². The summed E-state index contributed by atoms with van der Waals surface area (Å²) in [7, 11) is 0. The van der Waals surface area contributed by atoms with Gasteiger partial charge < -0.3 is 5.32 Å². The van der Waals surface area contributed by atoms with E-state index in [0.29, 0.717) is 40.2 Å². The highest BCUT2D eigenvalue weighted by atomic mass is 35.5. The third kappa shape index (κ3) is 4.68. The lowest BCUT2D eigenvalue weighted by Gasteiger charge is -2.14. The van der Waals surface area contributed by atoms with Crippen molar-refractivity contribution in [1.29, 1.82) is 0 Å². The van der Waals surface area contributed by atoms with Gasteiger partial charge in [-0.1, -0.05) is 54.8 Å².